The SMILES string of the molecule is Cc1cc(C2=NC(C(F)(F)F)(S(C)(=O)=O)CN2c2ccccc2)ccn1. The molecule has 0 radical (unpaired) electrons. The second kappa shape index (κ2) is 6.08. The molecular weight excluding hydrogens is 367 g/mol. The molecule has 0 fully saturated rings. The molecule has 2 aromatic rings. The van der Waals surface area contributed by atoms with Crippen molar-refractivity contribution in [2.24, 2.45) is 4.99 Å². The molecule has 1 aliphatic heterocycles. The van der Waals surface area contributed by atoms with E-state index < -0.39 is 27.4 Å². The molecule has 138 valence electrons. The summed E-state index contributed by atoms with van der Waals surface area (Å²) in [4.78, 5) is 5.82. The van der Waals surface area contributed by atoms with Crippen LogP contribution in [-0.2, 0) is 9.84 Å². The number of benzene rings is 1. The highest BCUT2D eigenvalue weighted by atomic mass is 32.2. The number of alkyl halides is 3. The van der Waals surface area contributed by atoms with E-state index in [0.29, 0.717) is 23.2 Å². The van der Waals surface area contributed by atoms with E-state index in [1.54, 1.807) is 43.3 Å². The van der Waals surface area contributed by atoms with Gasteiger partial charge in [0.05, 0.1) is 6.54 Å². The minimum atomic E-state index is -5.06. The second-order valence-corrected chi connectivity index (χ2v) is 8.32. The van der Waals surface area contributed by atoms with Crippen LogP contribution < -0.4 is 4.90 Å². The summed E-state index contributed by atoms with van der Waals surface area (Å²) in [5.41, 5.74) is 1.38. The summed E-state index contributed by atoms with van der Waals surface area (Å²) >= 11 is 0. The highest BCUT2D eigenvalue weighted by molar-refractivity contribution is 7.92. The Bertz CT molecular complexity index is 959. The fraction of sp³-hybridized carbons (Fsp3) is 0.294. The van der Waals surface area contributed by atoms with Gasteiger partial charge in [-0.2, -0.15) is 13.2 Å². The molecule has 1 aliphatic rings. The summed E-state index contributed by atoms with van der Waals surface area (Å²) in [7, 11) is -4.58. The zero-order chi connectivity index (χ0) is 19.2. The monoisotopic (exact) mass is 383 g/mol. The van der Waals surface area contributed by atoms with Crippen LogP contribution in [0.25, 0.3) is 0 Å². The molecule has 0 bridgehead atoms. The van der Waals surface area contributed by atoms with Crippen molar-refractivity contribution in [3.63, 3.8) is 0 Å². The predicted molar refractivity (Wildman–Crippen MR) is 92.9 cm³/mol. The van der Waals surface area contributed by atoms with Crippen LogP contribution in [0.3, 0.4) is 0 Å². The standard InChI is InChI=1S/C17H16F3N3O2S/c1-12-10-13(8-9-21-12)15-22-16(17(18,19)20,26(2,24)25)11-23(15)14-6-4-3-5-7-14/h3-10H,11H2,1-2H3. The van der Waals surface area contributed by atoms with Gasteiger partial charge in [0.1, 0.15) is 5.84 Å². The largest absolute Gasteiger partial charge is 0.429 e. The third-order valence-corrected chi connectivity index (χ3v) is 5.87. The van der Waals surface area contributed by atoms with Crippen molar-refractivity contribution in [3.05, 3.63) is 59.9 Å². The van der Waals surface area contributed by atoms with Gasteiger partial charge < -0.3 is 4.90 Å². The summed E-state index contributed by atoms with van der Waals surface area (Å²) in [6.45, 7) is 0.857. The molecule has 26 heavy (non-hydrogen) atoms. The van der Waals surface area contributed by atoms with E-state index in [1.807, 2.05) is 0 Å². The van der Waals surface area contributed by atoms with Crippen LogP contribution in [-0.4, -0.2) is 43.1 Å². The lowest BCUT2D eigenvalue weighted by Gasteiger charge is -2.28. The number of hydrogen-bond acceptors (Lipinski definition) is 5. The Morgan fingerprint density at radius 1 is 1.15 bits per heavy atom. The third-order valence-electron chi connectivity index (χ3n) is 4.19. The number of rotatable bonds is 3. The van der Waals surface area contributed by atoms with Crippen molar-refractivity contribution in [1.82, 2.24) is 4.98 Å². The number of sulfone groups is 1. The predicted octanol–water partition coefficient (Wildman–Crippen LogP) is 2.96. The molecule has 2 heterocycles. The average Bonchev–Trinajstić information content (AvgIpc) is 2.97. The second-order valence-electron chi connectivity index (χ2n) is 6.10. The normalized spacial score (nSPS) is 21.0. The summed E-state index contributed by atoms with van der Waals surface area (Å²) in [5, 5.41) is 0. The quantitative estimate of drug-likeness (QED) is 0.818. The van der Waals surface area contributed by atoms with E-state index in [-0.39, 0.29) is 5.84 Å². The first-order valence-corrected chi connectivity index (χ1v) is 9.56. The Balaban J connectivity index is 2.26. The number of aromatic nitrogens is 1. The van der Waals surface area contributed by atoms with Gasteiger partial charge in [-0.05, 0) is 31.2 Å². The molecule has 5 nitrogen and oxygen atoms in total. The molecule has 0 amide bonds. The minimum absolute atomic E-state index is 0.0514. The molecule has 1 atom stereocenters. The summed E-state index contributed by atoms with van der Waals surface area (Å²) in [5.74, 6) is -0.0514. The van der Waals surface area contributed by atoms with Crippen molar-refractivity contribution >= 4 is 21.4 Å². The molecule has 1 aromatic heterocycles. The first-order valence-electron chi connectivity index (χ1n) is 7.67. The van der Waals surface area contributed by atoms with Gasteiger partial charge >= 0.3 is 6.18 Å². The van der Waals surface area contributed by atoms with Crippen LogP contribution >= 0.6 is 0 Å². The van der Waals surface area contributed by atoms with Gasteiger partial charge in [-0.15, -0.1) is 0 Å². The van der Waals surface area contributed by atoms with Crippen molar-refractivity contribution < 1.29 is 21.6 Å². The fourth-order valence-corrected chi connectivity index (χ4v) is 3.88. The zero-order valence-corrected chi connectivity index (χ0v) is 14.8. The first kappa shape index (κ1) is 18.4. The lowest BCUT2D eigenvalue weighted by molar-refractivity contribution is -0.155. The van der Waals surface area contributed by atoms with E-state index in [4.69, 9.17) is 0 Å². The topological polar surface area (TPSA) is 62.6 Å². The van der Waals surface area contributed by atoms with Crippen molar-refractivity contribution in [2.75, 3.05) is 17.7 Å². The molecule has 0 aliphatic carbocycles. The van der Waals surface area contributed by atoms with Crippen LogP contribution in [0, 0.1) is 6.92 Å². The Kier molecular flexibility index (Phi) is 4.30. The Hall–Kier alpha value is -2.42. The van der Waals surface area contributed by atoms with Crippen molar-refractivity contribution in [3.8, 4) is 0 Å². The Morgan fingerprint density at radius 2 is 1.81 bits per heavy atom. The number of para-hydroxylation sites is 1. The van der Waals surface area contributed by atoms with E-state index in [9.17, 15) is 21.6 Å². The first-order chi connectivity index (χ1) is 12.1. The molecule has 0 saturated carbocycles. The van der Waals surface area contributed by atoms with Gasteiger partial charge in [0.15, 0.2) is 9.84 Å². The summed E-state index contributed by atoms with van der Waals surface area (Å²) < 4.78 is 65.8. The molecule has 0 N–H and O–H groups in total. The maximum absolute atomic E-state index is 13.8. The number of aryl methyl sites for hydroxylation is 1. The molecular formula is C17H16F3N3O2S. The fourth-order valence-electron chi connectivity index (χ4n) is 2.85. The van der Waals surface area contributed by atoms with Gasteiger partial charge in [-0.3, -0.25) is 4.98 Å². The van der Waals surface area contributed by atoms with E-state index in [1.165, 1.54) is 17.2 Å². The van der Waals surface area contributed by atoms with E-state index >= 15 is 0 Å². The van der Waals surface area contributed by atoms with E-state index in [2.05, 4.69) is 9.98 Å². The smallest absolute Gasteiger partial charge is 0.322 e. The highest BCUT2D eigenvalue weighted by Crippen LogP contribution is 2.44. The van der Waals surface area contributed by atoms with Crippen LogP contribution in [0.15, 0.2) is 53.7 Å². The molecule has 1 unspecified atom stereocenters. The number of amidine groups is 1. The van der Waals surface area contributed by atoms with Gasteiger partial charge in [0.25, 0.3) is 4.87 Å². The lowest BCUT2D eigenvalue weighted by atomic mass is 10.2. The molecule has 1 aromatic carbocycles. The van der Waals surface area contributed by atoms with Crippen LogP contribution in [0.1, 0.15) is 11.3 Å². The average molecular weight is 383 g/mol. The summed E-state index contributed by atoms with van der Waals surface area (Å²) in [6, 6.07) is 11.4. The number of halogens is 3. The highest BCUT2D eigenvalue weighted by Gasteiger charge is 2.66. The van der Waals surface area contributed by atoms with Gasteiger partial charge in [0, 0.05) is 29.4 Å². The number of pyridine rings is 1. The minimum Gasteiger partial charge on any atom is -0.322 e. The Labute approximate surface area is 149 Å². The number of aliphatic imine (C=N–C) groups is 1. The molecule has 9 heteroatoms. The van der Waals surface area contributed by atoms with Gasteiger partial charge in [-0.1, -0.05) is 18.2 Å². The third kappa shape index (κ3) is 2.96. The molecule has 0 spiro atoms. The van der Waals surface area contributed by atoms with Crippen LogP contribution in [0.5, 0.6) is 0 Å². The lowest BCUT2D eigenvalue weighted by Crippen LogP contribution is -2.53. The maximum Gasteiger partial charge on any atom is 0.429 e. The van der Waals surface area contributed by atoms with E-state index in [0.717, 1.165) is 0 Å². The van der Waals surface area contributed by atoms with Crippen LogP contribution in [0.4, 0.5) is 18.9 Å². The Morgan fingerprint density at radius 3 is 2.35 bits per heavy atom. The number of hydrogen-bond donors (Lipinski definition) is 0. The van der Waals surface area contributed by atoms with Crippen LogP contribution in [0.2, 0.25) is 0 Å². The van der Waals surface area contributed by atoms with Gasteiger partial charge in [-0.25, -0.2) is 13.4 Å². The van der Waals surface area contributed by atoms with Crippen molar-refractivity contribution in [1.29, 1.82) is 0 Å². The summed E-state index contributed by atoms with van der Waals surface area (Å²) in [6.07, 6.45) is -3.05. The van der Waals surface area contributed by atoms with Gasteiger partial charge in [0.2, 0.25) is 0 Å². The zero-order valence-electron chi connectivity index (χ0n) is 14.0. The maximum atomic E-state index is 13.8. The molecule has 3 rings (SSSR count). The molecule has 0 saturated heterocycles. The number of nitrogens with zero attached hydrogens (tertiary/aromatic N) is 3. The number of anilines is 1. The van der Waals surface area contributed by atoms with Crippen molar-refractivity contribution in [2.45, 2.75) is 18.0 Å².